The maximum atomic E-state index is 10.6. The first-order valence-electron chi connectivity index (χ1n) is 5.61. The van der Waals surface area contributed by atoms with Gasteiger partial charge in [0.15, 0.2) is 6.10 Å². The molecular formula is C14H11NO4. The van der Waals surface area contributed by atoms with Crippen LogP contribution in [0.4, 0.5) is 5.69 Å². The topological polar surface area (TPSA) is 69.4 Å². The van der Waals surface area contributed by atoms with Crippen LogP contribution in [0.2, 0.25) is 0 Å². The lowest BCUT2D eigenvalue weighted by molar-refractivity contribution is -0.384. The zero-order valence-corrected chi connectivity index (χ0v) is 9.93. The maximum Gasteiger partial charge on any atom is 0.294 e. The van der Waals surface area contributed by atoms with E-state index in [0.717, 1.165) is 5.56 Å². The number of carbonyl (C=O) groups is 1. The molecule has 0 aromatic heterocycles. The highest BCUT2D eigenvalue weighted by Crippen LogP contribution is 2.26. The smallest absolute Gasteiger partial charge is 0.294 e. The zero-order chi connectivity index (χ0) is 13.7. The predicted octanol–water partition coefficient (Wildman–Crippen LogP) is 2.86. The fraction of sp³-hybridized carbons (Fsp3) is 0.0714. The lowest BCUT2D eigenvalue weighted by Crippen LogP contribution is -2.05. The molecule has 0 bridgehead atoms. The number of nitrogens with zero attached hydrogens (tertiary/aromatic N) is 1. The van der Waals surface area contributed by atoms with Crippen LogP contribution in [0.25, 0.3) is 0 Å². The highest BCUT2D eigenvalue weighted by atomic mass is 16.6. The van der Waals surface area contributed by atoms with E-state index in [0.29, 0.717) is 12.0 Å². The van der Waals surface area contributed by atoms with E-state index in [2.05, 4.69) is 0 Å². The fourth-order valence-corrected chi connectivity index (χ4v) is 1.80. The molecule has 1 atom stereocenters. The number of nitro benzene ring substituents is 1. The first-order chi connectivity index (χ1) is 9.22. The molecule has 0 radical (unpaired) electrons. The predicted molar refractivity (Wildman–Crippen MR) is 68.5 cm³/mol. The Kier molecular flexibility index (Phi) is 3.87. The van der Waals surface area contributed by atoms with Crippen molar-refractivity contribution < 1.29 is 14.5 Å². The molecule has 96 valence electrons. The normalized spacial score (nSPS) is 11.6. The van der Waals surface area contributed by atoms with Crippen molar-refractivity contribution >= 4 is 12.2 Å². The van der Waals surface area contributed by atoms with Gasteiger partial charge in [-0.05, 0) is 23.3 Å². The molecule has 0 N–H and O–H groups in total. The van der Waals surface area contributed by atoms with Crippen LogP contribution in [-0.2, 0) is 9.53 Å². The molecule has 0 fully saturated rings. The molecule has 0 saturated heterocycles. The van der Waals surface area contributed by atoms with Gasteiger partial charge in [0.2, 0.25) is 0 Å². The SMILES string of the molecule is O=COC(c1ccccc1)c1ccc([N+](=O)[O-])cc1. The van der Waals surface area contributed by atoms with Crippen molar-refractivity contribution in [3.63, 3.8) is 0 Å². The summed E-state index contributed by atoms with van der Waals surface area (Å²) in [5.74, 6) is 0. The number of rotatable bonds is 5. The van der Waals surface area contributed by atoms with Gasteiger partial charge >= 0.3 is 0 Å². The molecule has 0 aliphatic heterocycles. The molecule has 0 spiro atoms. The number of nitro groups is 1. The molecule has 0 saturated carbocycles. The van der Waals surface area contributed by atoms with Crippen LogP contribution in [0, 0.1) is 10.1 Å². The van der Waals surface area contributed by atoms with E-state index in [9.17, 15) is 14.9 Å². The van der Waals surface area contributed by atoms with E-state index in [4.69, 9.17) is 4.74 Å². The Bertz CT molecular complexity index is 566. The summed E-state index contributed by atoms with van der Waals surface area (Å²) in [6.07, 6.45) is -0.556. The molecule has 5 nitrogen and oxygen atoms in total. The van der Waals surface area contributed by atoms with E-state index < -0.39 is 11.0 Å². The van der Waals surface area contributed by atoms with Crippen LogP contribution >= 0.6 is 0 Å². The summed E-state index contributed by atoms with van der Waals surface area (Å²) < 4.78 is 5.06. The van der Waals surface area contributed by atoms with Crippen molar-refractivity contribution in [1.29, 1.82) is 0 Å². The van der Waals surface area contributed by atoms with Crippen molar-refractivity contribution in [3.8, 4) is 0 Å². The van der Waals surface area contributed by atoms with E-state index in [1.807, 2.05) is 30.3 Å². The molecule has 1 unspecified atom stereocenters. The molecule has 2 aromatic rings. The minimum Gasteiger partial charge on any atom is -0.455 e. The first kappa shape index (κ1) is 12.8. The van der Waals surface area contributed by atoms with Gasteiger partial charge in [-0.15, -0.1) is 0 Å². The van der Waals surface area contributed by atoms with Gasteiger partial charge in [0.1, 0.15) is 0 Å². The fourth-order valence-electron chi connectivity index (χ4n) is 1.80. The summed E-state index contributed by atoms with van der Waals surface area (Å²) in [7, 11) is 0. The second kappa shape index (κ2) is 5.77. The Hall–Kier alpha value is -2.69. The molecule has 5 heteroatoms. The molecule has 0 amide bonds. The van der Waals surface area contributed by atoms with Gasteiger partial charge in [0.25, 0.3) is 12.2 Å². The van der Waals surface area contributed by atoms with E-state index >= 15 is 0 Å². The first-order valence-corrected chi connectivity index (χ1v) is 5.61. The van der Waals surface area contributed by atoms with Gasteiger partial charge in [-0.2, -0.15) is 0 Å². The third-order valence-corrected chi connectivity index (χ3v) is 2.70. The molecular weight excluding hydrogens is 246 g/mol. The van der Waals surface area contributed by atoms with Gasteiger partial charge in [0.05, 0.1) is 4.92 Å². The Labute approximate surface area is 109 Å². The number of carbonyl (C=O) groups excluding carboxylic acids is 1. The Morgan fingerprint density at radius 1 is 1.00 bits per heavy atom. The lowest BCUT2D eigenvalue weighted by atomic mass is 10.0. The zero-order valence-electron chi connectivity index (χ0n) is 9.93. The van der Waals surface area contributed by atoms with Crippen LogP contribution in [0.15, 0.2) is 54.6 Å². The summed E-state index contributed by atoms with van der Waals surface area (Å²) in [5.41, 5.74) is 1.49. The van der Waals surface area contributed by atoms with Crippen LogP contribution in [0.5, 0.6) is 0 Å². The number of benzene rings is 2. The maximum absolute atomic E-state index is 10.6. The van der Waals surface area contributed by atoms with Crippen molar-refractivity contribution in [2.45, 2.75) is 6.10 Å². The van der Waals surface area contributed by atoms with Crippen LogP contribution in [-0.4, -0.2) is 11.4 Å². The minimum absolute atomic E-state index is 0.00154. The van der Waals surface area contributed by atoms with E-state index in [1.54, 1.807) is 12.1 Å². The van der Waals surface area contributed by atoms with Gasteiger partial charge in [0, 0.05) is 12.1 Å². The molecule has 19 heavy (non-hydrogen) atoms. The highest BCUT2D eigenvalue weighted by Gasteiger charge is 2.16. The third-order valence-electron chi connectivity index (χ3n) is 2.70. The average Bonchev–Trinajstić information content (AvgIpc) is 2.46. The molecule has 0 aliphatic rings. The number of ether oxygens (including phenoxy) is 1. The van der Waals surface area contributed by atoms with E-state index in [-0.39, 0.29) is 5.69 Å². The lowest BCUT2D eigenvalue weighted by Gasteiger charge is -2.15. The van der Waals surface area contributed by atoms with Crippen LogP contribution < -0.4 is 0 Å². The second-order valence-corrected chi connectivity index (χ2v) is 3.87. The summed E-state index contributed by atoms with van der Waals surface area (Å²) in [4.78, 5) is 20.7. The van der Waals surface area contributed by atoms with Crippen LogP contribution in [0.1, 0.15) is 17.2 Å². The standard InChI is InChI=1S/C14H11NO4/c16-10-19-14(11-4-2-1-3-5-11)12-6-8-13(9-7-12)15(17)18/h1-10,14H. The monoisotopic (exact) mass is 257 g/mol. The summed E-state index contributed by atoms with van der Waals surface area (Å²) in [6, 6.07) is 15.1. The van der Waals surface area contributed by atoms with Crippen LogP contribution in [0.3, 0.4) is 0 Å². The largest absolute Gasteiger partial charge is 0.455 e. The average molecular weight is 257 g/mol. The molecule has 2 aromatic carbocycles. The van der Waals surface area contributed by atoms with Gasteiger partial charge in [-0.3, -0.25) is 14.9 Å². The summed E-state index contributed by atoms with van der Waals surface area (Å²) in [6.45, 7) is 0.374. The summed E-state index contributed by atoms with van der Waals surface area (Å²) in [5, 5.41) is 10.6. The second-order valence-electron chi connectivity index (χ2n) is 3.87. The van der Waals surface area contributed by atoms with Crippen molar-refractivity contribution in [3.05, 3.63) is 75.8 Å². The van der Waals surface area contributed by atoms with Crippen molar-refractivity contribution in [2.75, 3.05) is 0 Å². The van der Waals surface area contributed by atoms with Crippen molar-refractivity contribution in [2.24, 2.45) is 0 Å². The third kappa shape index (κ3) is 2.95. The molecule has 2 rings (SSSR count). The number of hydrogen-bond acceptors (Lipinski definition) is 4. The highest BCUT2D eigenvalue weighted by molar-refractivity contribution is 5.43. The van der Waals surface area contributed by atoms with Crippen molar-refractivity contribution in [1.82, 2.24) is 0 Å². The quantitative estimate of drug-likeness (QED) is 0.469. The van der Waals surface area contributed by atoms with Gasteiger partial charge in [-0.1, -0.05) is 30.3 Å². The number of hydrogen-bond donors (Lipinski definition) is 0. The molecule has 0 heterocycles. The Morgan fingerprint density at radius 2 is 1.58 bits per heavy atom. The van der Waals surface area contributed by atoms with E-state index in [1.165, 1.54) is 12.1 Å². The summed E-state index contributed by atoms with van der Waals surface area (Å²) >= 11 is 0. The number of non-ortho nitro benzene ring substituents is 1. The minimum atomic E-state index is -0.556. The molecule has 0 aliphatic carbocycles. The Morgan fingerprint density at radius 3 is 2.11 bits per heavy atom. The van der Waals surface area contributed by atoms with Gasteiger partial charge in [-0.25, -0.2) is 0 Å². The van der Waals surface area contributed by atoms with Gasteiger partial charge < -0.3 is 4.74 Å². The Balaban J connectivity index is 2.34.